The van der Waals surface area contributed by atoms with Crippen molar-refractivity contribution < 1.29 is 9.47 Å². The average Bonchev–Trinajstić information content (AvgIpc) is 2.53. The number of ether oxygens (including phenoxy) is 2. The summed E-state index contributed by atoms with van der Waals surface area (Å²) in [5, 5.41) is 0. The molecule has 2 atom stereocenters. The molecular weight excluding hydrogens is 178 g/mol. The minimum Gasteiger partial charge on any atom is -0.350 e. The lowest BCUT2D eigenvalue weighted by Crippen LogP contribution is -2.36. The molecule has 0 aromatic heterocycles. The van der Waals surface area contributed by atoms with Gasteiger partial charge in [-0.3, -0.25) is 4.90 Å². The van der Waals surface area contributed by atoms with Gasteiger partial charge in [0.25, 0.3) is 0 Å². The Morgan fingerprint density at radius 2 is 1.50 bits per heavy atom. The van der Waals surface area contributed by atoms with Crippen LogP contribution in [0.2, 0.25) is 0 Å². The summed E-state index contributed by atoms with van der Waals surface area (Å²) < 4.78 is 11.3. The Labute approximate surface area is 87.4 Å². The lowest BCUT2D eigenvalue weighted by atomic mass is 10.4. The fourth-order valence-electron chi connectivity index (χ4n) is 1.88. The summed E-state index contributed by atoms with van der Waals surface area (Å²) in [4.78, 5) is 2.36. The van der Waals surface area contributed by atoms with Crippen LogP contribution < -0.4 is 0 Å². The Morgan fingerprint density at radius 1 is 0.929 bits per heavy atom. The maximum absolute atomic E-state index is 5.75. The molecule has 1 fully saturated rings. The summed E-state index contributed by atoms with van der Waals surface area (Å²) in [5.74, 6) is 0. The summed E-state index contributed by atoms with van der Waals surface area (Å²) >= 11 is 0. The van der Waals surface area contributed by atoms with Gasteiger partial charge >= 0.3 is 0 Å². The smallest absolute Gasteiger partial charge is 0.157 e. The zero-order chi connectivity index (χ0) is 10.6. The summed E-state index contributed by atoms with van der Waals surface area (Å²) in [6, 6.07) is 0. The zero-order valence-electron chi connectivity index (χ0n) is 9.82. The third kappa shape index (κ3) is 3.95. The van der Waals surface area contributed by atoms with Crippen molar-refractivity contribution in [2.75, 3.05) is 13.1 Å². The van der Waals surface area contributed by atoms with Gasteiger partial charge in [0.1, 0.15) is 6.23 Å². The van der Waals surface area contributed by atoms with E-state index in [1.54, 1.807) is 0 Å². The van der Waals surface area contributed by atoms with E-state index < -0.39 is 0 Å². The van der Waals surface area contributed by atoms with Gasteiger partial charge in [-0.2, -0.15) is 0 Å². The van der Waals surface area contributed by atoms with Crippen LogP contribution in [0.25, 0.3) is 0 Å². The van der Waals surface area contributed by atoms with Gasteiger partial charge in [0.15, 0.2) is 6.29 Å². The topological polar surface area (TPSA) is 21.7 Å². The first-order valence-electron chi connectivity index (χ1n) is 5.64. The van der Waals surface area contributed by atoms with Crippen LogP contribution in [-0.4, -0.2) is 36.6 Å². The summed E-state index contributed by atoms with van der Waals surface area (Å²) in [5.41, 5.74) is 0. The molecule has 0 N–H and O–H groups in total. The molecule has 14 heavy (non-hydrogen) atoms. The second kappa shape index (κ2) is 5.69. The molecule has 1 rings (SSSR count). The molecule has 0 saturated carbocycles. The van der Waals surface area contributed by atoms with E-state index >= 15 is 0 Å². The molecule has 0 aromatic rings. The van der Waals surface area contributed by atoms with Crippen molar-refractivity contribution in [1.82, 2.24) is 4.90 Å². The standard InChI is InChI=1S/C11H23NO2/c1-9(2)13-11(4)14-10(3)12-7-5-6-8-12/h9-11H,5-8H2,1-4H3. The van der Waals surface area contributed by atoms with Crippen LogP contribution in [0.3, 0.4) is 0 Å². The van der Waals surface area contributed by atoms with E-state index in [1.165, 1.54) is 12.8 Å². The second-order valence-electron chi connectivity index (χ2n) is 4.23. The van der Waals surface area contributed by atoms with Crippen molar-refractivity contribution in [1.29, 1.82) is 0 Å². The van der Waals surface area contributed by atoms with Crippen LogP contribution in [0.5, 0.6) is 0 Å². The van der Waals surface area contributed by atoms with Gasteiger partial charge in [0.05, 0.1) is 6.10 Å². The summed E-state index contributed by atoms with van der Waals surface area (Å²) in [7, 11) is 0. The van der Waals surface area contributed by atoms with E-state index in [2.05, 4.69) is 11.8 Å². The van der Waals surface area contributed by atoms with Crippen LogP contribution in [-0.2, 0) is 9.47 Å². The Hall–Kier alpha value is -0.120. The van der Waals surface area contributed by atoms with Gasteiger partial charge in [-0.25, -0.2) is 0 Å². The van der Waals surface area contributed by atoms with Crippen molar-refractivity contribution in [3.8, 4) is 0 Å². The Morgan fingerprint density at radius 3 is 2.00 bits per heavy atom. The highest BCUT2D eigenvalue weighted by Gasteiger charge is 2.20. The monoisotopic (exact) mass is 201 g/mol. The molecular formula is C11H23NO2. The maximum Gasteiger partial charge on any atom is 0.157 e. The van der Waals surface area contributed by atoms with Gasteiger partial charge in [-0.05, 0) is 40.5 Å². The molecule has 1 saturated heterocycles. The molecule has 84 valence electrons. The number of rotatable bonds is 5. The van der Waals surface area contributed by atoms with Gasteiger partial charge in [0.2, 0.25) is 0 Å². The molecule has 3 heteroatoms. The number of hydrogen-bond acceptors (Lipinski definition) is 3. The van der Waals surface area contributed by atoms with E-state index in [9.17, 15) is 0 Å². The fourth-order valence-corrected chi connectivity index (χ4v) is 1.88. The molecule has 0 radical (unpaired) electrons. The predicted molar refractivity (Wildman–Crippen MR) is 57.0 cm³/mol. The first-order valence-corrected chi connectivity index (χ1v) is 5.64. The number of likely N-dealkylation sites (tertiary alicyclic amines) is 1. The van der Waals surface area contributed by atoms with Crippen LogP contribution in [0.15, 0.2) is 0 Å². The van der Waals surface area contributed by atoms with Crippen molar-refractivity contribution >= 4 is 0 Å². The van der Waals surface area contributed by atoms with Gasteiger partial charge in [-0.1, -0.05) is 0 Å². The molecule has 0 amide bonds. The summed E-state index contributed by atoms with van der Waals surface area (Å²) in [6.07, 6.45) is 2.91. The lowest BCUT2D eigenvalue weighted by Gasteiger charge is -2.27. The molecule has 1 heterocycles. The van der Waals surface area contributed by atoms with Crippen molar-refractivity contribution in [3.63, 3.8) is 0 Å². The second-order valence-corrected chi connectivity index (χ2v) is 4.23. The van der Waals surface area contributed by atoms with E-state index in [-0.39, 0.29) is 18.6 Å². The average molecular weight is 201 g/mol. The van der Waals surface area contributed by atoms with Crippen molar-refractivity contribution in [3.05, 3.63) is 0 Å². The molecule has 3 nitrogen and oxygen atoms in total. The highest BCUT2D eigenvalue weighted by atomic mass is 16.7. The van der Waals surface area contributed by atoms with E-state index in [4.69, 9.17) is 9.47 Å². The Bertz CT molecular complexity index is 155. The van der Waals surface area contributed by atoms with Crippen LogP contribution in [0.4, 0.5) is 0 Å². The van der Waals surface area contributed by atoms with Gasteiger partial charge in [0, 0.05) is 13.1 Å². The molecule has 2 unspecified atom stereocenters. The van der Waals surface area contributed by atoms with E-state index in [0.29, 0.717) is 0 Å². The van der Waals surface area contributed by atoms with Crippen molar-refractivity contribution in [2.24, 2.45) is 0 Å². The summed E-state index contributed by atoms with van der Waals surface area (Å²) in [6.45, 7) is 10.4. The quantitative estimate of drug-likeness (QED) is 0.637. The Balaban J connectivity index is 2.21. The minimum absolute atomic E-state index is 0.106. The van der Waals surface area contributed by atoms with Crippen molar-refractivity contribution in [2.45, 2.75) is 59.2 Å². The SMILES string of the molecule is CC(C)OC(C)OC(C)N1CCCC1. The van der Waals surface area contributed by atoms with E-state index in [0.717, 1.165) is 13.1 Å². The molecule has 0 aromatic carbocycles. The number of nitrogens with zero attached hydrogens (tertiary/aromatic N) is 1. The molecule has 1 aliphatic rings. The first-order chi connectivity index (χ1) is 6.59. The number of hydrogen-bond donors (Lipinski definition) is 0. The van der Waals surface area contributed by atoms with Gasteiger partial charge < -0.3 is 9.47 Å². The Kier molecular flexibility index (Phi) is 4.85. The third-order valence-electron chi connectivity index (χ3n) is 2.51. The molecule has 1 aliphatic heterocycles. The molecule has 0 bridgehead atoms. The van der Waals surface area contributed by atoms with E-state index in [1.807, 2.05) is 20.8 Å². The van der Waals surface area contributed by atoms with Crippen LogP contribution in [0, 0.1) is 0 Å². The minimum atomic E-state index is -0.106. The third-order valence-corrected chi connectivity index (χ3v) is 2.51. The fraction of sp³-hybridized carbons (Fsp3) is 1.00. The lowest BCUT2D eigenvalue weighted by molar-refractivity contribution is -0.203. The zero-order valence-corrected chi connectivity index (χ0v) is 9.82. The van der Waals surface area contributed by atoms with Gasteiger partial charge in [-0.15, -0.1) is 0 Å². The highest BCUT2D eigenvalue weighted by Crippen LogP contribution is 2.14. The molecule has 0 aliphatic carbocycles. The highest BCUT2D eigenvalue weighted by molar-refractivity contribution is 4.67. The predicted octanol–water partition coefficient (Wildman–Crippen LogP) is 2.22. The normalized spacial score (nSPS) is 22.9. The first kappa shape index (κ1) is 12.0. The maximum atomic E-state index is 5.75. The van der Waals surface area contributed by atoms with Crippen LogP contribution in [0.1, 0.15) is 40.5 Å². The largest absolute Gasteiger partial charge is 0.350 e. The van der Waals surface area contributed by atoms with Crippen LogP contribution >= 0.6 is 0 Å². The molecule has 0 spiro atoms.